The molecule has 0 saturated carbocycles. The number of nitro groups is 1. The van der Waals surface area contributed by atoms with E-state index in [0.717, 1.165) is 5.56 Å². The average Bonchev–Trinajstić information content (AvgIpc) is 3.26. The van der Waals surface area contributed by atoms with E-state index in [1.807, 2.05) is 35.9 Å². The largest absolute Gasteiger partial charge is 0.496 e. The number of imidazole rings is 1. The quantitative estimate of drug-likeness (QED) is 0.334. The van der Waals surface area contributed by atoms with Gasteiger partial charge in [0.05, 0.1) is 18.6 Å². The van der Waals surface area contributed by atoms with Gasteiger partial charge in [0.2, 0.25) is 5.91 Å². The molecule has 1 amide bonds. The number of carbonyl (C=O) groups excluding carboxylic acids is 1. The summed E-state index contributed by atoms with van der Waals surface area (Å²) in [5.41, 5.74) is 1.60. The van der Waals surface area contributed by atoms with Crippen LogP contribution in [-0.2, 0) is 23.2 Å². The fraction of sp³-hybridized carbons (Fsp3) is 0.217. The molecule has 0 bridgehead atoms. The molecule has 1 aromatic heterocycles. The third-order valence-corrected chi connectivity index (χ3v) is 5.20. The molecule has 4 rings (SSSR count). The second-order valence-electron chi connectivity index (χ2n) is 7.30. The maximum Gasteiger partial charge on any atom is 0.270 e. The Labute approximate surface area is 189 Å². The summed E-state index contributed by atoms with van der Waals surface area (Å²) in [4.78, 5) is 28.1. The molecular weight excluding hydrogens is 428 g/mol. The number of ether oxygens (including phenoxy) is 3. The Morgan fingerprint density at radius 3 is 2.91 bits per heavy atom. The van der Waals surface area contributed by atoms with Crippen molar-refractivity contribution in [1.82, 2.24) is 14.9 Å². The Hall–Kier alpha value is -4.18. The molecule has 10 heteroatoms. The van der Waals surface area contributed by atoms with Gasteiger partial charge in [-0.1, -0.05) is 18.2 Å². The van der Waals surface area contributed by atoms with E-state index in [-0.39, 0.29) is 19.1 Å². The number of rotatable bonds is 7. The van der Waals surface area contributed by atoms with Crippen LogP contribution in [0.25, 0.3) is 6.08 Å². The minimum atomic E-state index is -0.582. The zero-order valence-corrected chi connectivity index (χ0v) is 18.1. The van der Waals surface area contributed by atoms with Crippen molar-refractivity contribution < 1.29 is 23.9 Å². The molecule has 1 aliphatic heterocycles. The highest BCUT2D eigenvalue weighted by atomic mass is 16.7. The first-order valence-corrected chi connectivity index (χ1v) is 10.1. The summed E-state index contributed by atoms with van der Waals surface area (Å²) in [6, 6.07) is 9.55. The number of fused-ring (bicyclic) bond motifs is 1. The van der Waals surface area contributed by atoms with Crippen LogP contribution < -0.4 is 14.8 Å². The summed E-state index contributed by atoms with van der Waals surface area (Å²) in [6.45, 7) is 0.228. The molecule has 10 nitrogen and oxygen atoms in total. The molecule has 1 unspecified atom stereocenters. The molecule has 1 atom stereocenters. The van der Waals surface area contributed by atoms with Crippen molar-refractivity contribution in [3.8, 4) is 11.5 Å². The molecule has 0 aliphatic carbocycles. The smallest absolute Gasteiger partial charge is 0.270 e. The summed E-state index contributed by atoms with van der Waals surface area (Å²) < 4.78 is 18.0. The molecule has 0 radical (unpaired) electrons. The number of nitro benzene ring substituents is 1. The molecule has 0 saturated heterocycles. The standard InChI is InChI=1S/C23H22N4O6/c1-26-10-9-24-23(26)21(18-5-3-4-6-19(18)31-2)25-20(28)8-7-15-11-17(27(29)30)12-16-13-32-14-33-22(15)16/h3-12,21H,13-14H2,1-2H3,(H,25,28)/b8-7+. The Balaban J connectivity index is 1.64. The lowest BCUT2D eigenvalue weighted by molar-refractivity contribution is -0.385. The van der Waals surface area contributed by atoms with Crippen molar-refractivity contribution in [3.63, 3.8) is 0 Å². The zero-order valence-electron chi connectivity index (χ0n) is 18.1. The molecule has 1 N–H and O–H groups in total. The van der Waals surface area contributed by atoms with Gasteiger partial charge in [0.25, 0.3) is 5.69 Å². The molecule has 2 aromatic carbocycles. The van der Waals surface area contributed by atoms with Crippen LogP contribution in [0.4, 0.5) is 5.69 Å². The van der Waals surface area contributed by atoms with Gasteiger partial charge < -0.3 is 24.1 Å². The fourth-order valence-electron chi connectivity index (χ4n) is 3.66. The lowest BCUT2D eigenvalue weighted by atomic mass is 10.0. The van der Waals surface area contributed by atoms with Gasteiger partial charge in [0, 0.05) is 54.3 Å². The number of aryl methyl sites for hydroxylation is 1. The fourth-order valence-corrected chi connectivity index (χ4v) is 3.66. The van der Waals surface area contributed by atoms with Crippen LogP contribution >= 0.6 is 0 Å². The Bertz CT molecular complexity index is 1220. The summed E-state index contributed by atoms with van der Waals surface area (Å²) in [5.74, 6) is 1.27. The summed E-state index contributed by atoms with van der Waals surface area (Å²) in [6.07, 6.45) is 6.23. The van der Waals surface area contributed by atoms with Crippen LogP contribution in [0.15, 0.2) is 54.9 Å². The van der Waals surface area contributed by atoms with E-state index in [0.29, 0.717) is 28.5 Å². The van der Waals surface area contributed by atoms with E-state index in [9.17, 15) is 14.9 Å². The molecule has 170 valence electrons. The summed E-state index contributed by atoms with van der Waals surface area (Å²) >= 11 is 0. The van der Waals surface area contributed by atoms with Crippen molar-refractivity contribution in [2.24, 2.45) is 7.05 Å². The van der Waals surface area contributed by atoms with E-state index < -0.39 is 16.9 Å². The number of methoxy groups -OCH3 is 1. The van der Waals surface area contributed by atoms with Crippen molar-refractivity contribution in [1.29, 1.82) is 0 Å². The normalized spacial score (nSPS) is 13.8. The molecule has 33 heavy (non-hydrogen) atoms. The van der Waals surface area contributed by atoms with Gasteiger partial charge in [-0.25, -0.2) is 4.98 Å². The average molecular weight is 450 g/mol. The highest BCUT2D eigenvalue weighted by Gasteiger charge is 2.24. The van der Waals surface area contributed by atoms with Gasteiger partial charge in [-0.2, -0.15) is 0 Å². The number of para-hydroxylation sites is 1. The first-order valence-electron chi connectivity index (χ1n) is 10.1. The van der Waals surface area contributed by atoms with Gasteiger partial charge in [-0.3, -0.25) is 14.9 Å². The van der Waals surface area contributed by atoms with Gasteiger partial charge in [-0.15, -0.1) is 0 Å². The van der Waals surface area contributed by atoms with Crippen LogP contribution in [0, 0.1) is 10.1 Å². The second kappa shape index (κ2) is 9.53. The Kier molecular flexibility index (Phi) is 6.36. The topological polar surface area (TPSA) is 118 Å². The number of nitrogens with zero attached hydrogens (tertiary/aromatic N) is 3. The molecule has 1 aliphatic rings. The van der Waals surface area contributed by atoms with Crippen molar-refractivity contribution in [3.05, 3.63) is 87.5 Å². The van der Waals surface area contributed by atoms with Gasteiger partial charge >= 0.3 is 0 Å². The number of carbonyl (C=O) groups is 1. The maximum atomic E-state index is 12.9. The summed E-state index contributed by atoms with van der Waals surface area (Å²) in [5, 5.41) is 14.3. The number of amides is 1. The second-order valence-corrected chi connectivity index (χ2v) is 7.30. The predicted molar refractivity (Wildman–Crippen MR) is 119 cm³/mol. The number of hydrogen-bond acceptors (Lipinski definition) is 7. The van der Waals surface area contributed by atoms with Crippen LogP contribution in [0.2, 0.25) is 0 Å². The number of benzene rings is 2. The van der Waals surface area contributed by atoms with Gasteiger partial charge in [-0.05, 0) is 12.1 Å². The van der Waals surface area contributed by atoms with Crippen molar-refractivity contribution in [2.45, 2.75) is 12.6 Å². The molecule has 0 fully saturated rings. The van der Waals surface area contributed by atoms with E-state index in [1.165, 1.54) is 24.3 Å². The minimum absolute atomic E-state index is 0.0346. The number of nitrogens with one attached hydrogen (secondary N) is 1. The first kappa shape index (κ1) is 22.0. The number of hydrogen-bond donors (Lipinski definition) is 1. The highest BCUT2D eigenvalue weighted by Crippen LogP contribution is 2.33. The van der Waals surface area contributed by atoms with Gasteiger partial charge in [0.15, 0.2) is 6.79 Å². The lowest BCUT2D eigenvalue weighted by Gasteiger charge is -2.21. The zero-order chi connectivity index (χ0) is 23.4. The van der Waals surface area contributed by atoms with Crippen molar-refractivity contribution >= 4 is 17.7 Å². The van der Waals surface area contributed by atoms with Crippen LogP contribution in [0.1, 0.15) is 28.6 Å². The monoisotopic (exact) mass is 450 g/mol. The van der Waals surface area contributed by atoms with Crippen LogP contribution in [0.3, 0.4) is 0 Å². The molecule has 3 aromatic rings. The number of non-ortho nitro benzene ring substituents is 1. The Morgan fingerprint density at radius 1 is 1.36 bits per heavy atom. The Morgan fingerprint density at radius 2 is 2.18 bits per heavy atom. The predicted octanol–water partition coefficient (Wildman–Crippen LogP) is 3.12. The SMILES string of the molecule is COc1ccccc1C(NC(=O)/C=C/c1cc([N+](=O)[O-])cc2c1OCOC2)c1nccn1C. The minimum Gasteiger partial charge on any atom is -0.496 e. The van der Waals surface area contributed by atoms with E-state index in [1.54, 1.807) is 19.5 Å². The van der Waals surface area contributed by atoms with Crippen LogP contribution in [-0.4, -0.2) is 34.3 Å². The molecule has 2 heterocycles. The van der Waals surface area contributed by atoms with E-state index >= 15 is 0 Å². The maximum absolute atomic E-state index is 12.9. The van der Waals surface area contributed by atoms with E-state index in [2.05, 4.69) is 10.3 Å². The third-order valence-electron chi connectivity index (χ3n) is 5.20. The highest BCUT2D eigenvalue weighted by molar-refractivity contribution is 5.93. The first-order chi connectivity index (χ1) is 16.0. The third kappa shape index (κ3) is 4.70. The molecular formula is C23H22N4O6. The number of aromatic nitrogens is 2. The van der Waals surface area contributed by atoms with Crippen molar-refractivity contribution in [2.75, 3.05) is 13.9 Å². The summed E-state index contributed by atoms with van der Waals surface area (Å²) in [7, 11) is 3.40. The molecule has 0 spiro atoms. The lowest BCUT2D eigenvalue weighted by Crippen LogP contribution is -2.30. The van der Waals surface area contributed by atoms with Gasteiger partial charge in [0.1, 0.15) is 23.4 Å². The van der Waals surface area contributed by atoms with Crippen LogP contribution in [0.5, 0.6) is 11.5 Å². The van der Waals surface area contributed by atoms with E-state index in [4.69, 9.17) is 14.2 Å².